The molecule has 1 atom stereocenters. The first-order chi connectivity index (χ1) is 9.65. The molecule has 0 bridgehead atoms. The average molecular weight is 269 g/mol. The Morgan fingerprint density at radius 3 is 2.30 bits per heavy atom. The van der Waals surface area contributed by atoms with Crippen molar-refractivity contribution in [3.05, 3.63) is 77.6 Å². The van der Waals surface area contributed by atoms with Crippen LogP contribution in [0.3, 0.4) is 0 Å². The Labute approximate surface area is 120 Å². The maximum Gasteiger partial charge on any atom is 0.123 e. The highest BCUT2D eigenvalue weighted by Crippen LogP contribution is 2.24. The number of halogens is 1. The van der Waals surface area contributed by atoms with E-state index in [1.165, 1.54) is 17.7 Å². The van der Waals surface area contributed by atoms with Crippen molar-refractivity contribution in [1.82, 2.24) is 0 Å². The molecule has 0 radical (unpaired) electrons. The molecular formula is C18H20FN. The molecule has 1 N–H and O–H groups in total. The molecule has 0 aromatic heterocycles. The third-order valence-electron chi connectivity index (χ3n) is 3.15. The van der Waals surface area contributed by atoms with Gasteiger partial charge in [-0.3, -0.25) is 0 Å². The highest BCUT2D eigenvalue weighted by molar-refractivity contribution is 5.45. The second-order valence-electron chi connectivity index (χ2n) is 5.13. The predicted molar refractivity (Wildman–Crippen MR) is 83.3 cm³/mol. The van der Waals surface area contributed by atoms with E-state index in [1.807, 2.05) is 42.5 Å². The number of hydrogen-bond acceptors (Lipinski definition) is 1. The van der Waals surface area contributed by atoms with Crippen LogP contribution >= 0.6 is 0 Å². The first kappa shape index (κ1) is 14.3. The molecule has 1 nitrogen and oxygen atoms in total. The topological polar surface area (TPSA) is 12.0 Å². The summed E-state index contributed by atoms with van der Waals surface area (Å²) in [6, 6.07) is 16.9. The van der Waals surface area contributed by atoms with Gasteiger partial charge in [-0.15, -0.1) is 0 Å². The Balaban J connectivity index is 2.20. The van der Waals surface area contributed by atoms with Crippen molar-refractivity contribution in [3.8, 4) is 0 Å². The van der Waals surface area contributed by atoms with Gasteiger partial charge in [0.25, 0.3) is 0 Å². The molecule has 2 aromatic carbocycles. The second kappa shape index (κ2) is 6.90. The van der Waals surface area contributed by atoms with Gasteiger partial charge in [-0.05, 0) is 50.1 Å². The van der Waals surface area contributed by atoms with E-state index in [2.05, 4.69) is 25.2 Å². The summed E-state index contributed by atoms with van der Waals surface area (Å²) in [4.78, 5) is 0. The van der Waals surface area contributed by atoms with Crippen molar-refractivity contribution in [1.29, 1.82) is 0 Å². The van der Waals surface area contributed by atoms with E-state index in [9.17, 15) is 4.39 Å². The number of rotatable bonds is 5. The number of benzene rings is 2. The zero-order valence-corrected chi connectivity index (χ0v) is 11.9. The lowest BCUT2D eigenvalue weighted by Crippen LogP contribution is -2.10. The lowest BCUT2D eigenvalue weighted by molar-refractivity contribution is 0.626. The maximum atomic E-state index is 13.1. The van der Waals surface area contributed by atoms with Crippen LogP contribution in [0.25, 0.3) is 0 Å². The largest absolute Gasteiger partial charge is 0.378 e. The van der Waals surface area contributed by atoms with Gasteiger partial charge in [0.2, 0.25) is 0 Å². The lowest BCUT2D eigenvalue weighted by Gasteiger charge is -2.19. The fourth-order valence-corrected chi connectivity index (χ4v) is 2.06. The van der Waals surface area contributed by atoms with Gasteiger partial charge < -0.3 is 5.32 Å². The minimum absolute atomic E-state index is 0.146. The Morgan fingerprint density at radius 2 is 1.70 bits per heavy atom. The number of nitrogens with one attached hydrogen (secondary N) is 1. The van der Waals surface area contributed by atoms with E-state index in [-0.39, 0.29) is 11.9 Å². The van der Waals surface area contributed by atoms with Gasteiger partial charge in [0.05, 0.1) is 6.04 Å². The highest BCUT2D eigenvalue weighted by atomic mass is 19.1. The van der Waals surface area contributed by atoms with Crippen molar-refractivity contribution in [2.24, 2.45) is 0 Å². The fourth-order valence-electron chi connectivity index (χ4n) is 2.06. The van der Waals surface area contributed by atoms with E-state index < -0.39 is 0 Å². The lowest BCUT2D eigenvalue weighted by atomic mass is 10.0. The van der Waals surface area contributed by atoms with Crippen LogP contribution in [0.4, 0.5) is 10.1 Å². The third-order valence-corrected chi connectivity index (χ3v) is 3.15. The van der Waals surface area contributed by atoms with Gasteiger partial charge in [0.1, 0.15) is 5.82 Å². The van der Waals surface area contributed by atoms with Gasteiger partial charge in [-0.2, -0.15) is 0 Å². The summed E-state index contributed by atoms with van der Waals surface area (Å²) in [6.07, 6.45) is 3.08. The van der Waals surface area contributed by atoms with Crippen molar-refractivity contribution in [2.45, 2.75) is 26.3 Å². The van der Waals surface area contributed by atoms with Crippen LogP contribution < -0.4 is 5.32 Å². The Bertz CT molecular complexity index is 554. The summed E-state index contributed by atoms with van der Waals surface area (Å²) in [5, 5.41) is 3.50. The van der Waals surface area contributed by atoms with Crippen molar-refractivity contribution in [2.75, 3.05) is 5.32 Å². The first-order valence-corrected chi connectivity index (χ1v) is 6.85. The zero-order valence-electron chi connectivity index (χ0n) is 11.9. The summed E-state index contributed by atoms with van der Waals surface area (Å²) < 4.78 is 13.1. The van der Waals surface area contributed by atoms with Crippen LogP contribution in [0.2, 0.25) is 0 Å². The molecule has 20 heavy (non-hydrogen) atoms. The molecular weight excluding hydrogens is 249 g/mol. The molecule has 0 heterocycles. The minimum Gasteiger partial charge on any atom is -0.378 e. The van der Waals surface area contributed by atoms with Gasteiger partial charge in [-0.25, -0.2) is 4.39 Å². The summed E-state index contributed by atoms with van der Waals surface area (Å²) in [5.74, 6) is -0.200. The molecule has 0 aliphatic heterocycles. The molecule has 0 amide bonds. The van der Waals surface area contributed by atoms with Gasteiger partial charge in [-0.1, -0.05) is 42.0 Å². The number of allylic oxidation sites excluding steroid dienone is 1. The number of hydrogen-bond donors (Lipinski definition) is 1. The summed E-state index contributed by atoms with van der Waals surface area (Å²) in [7, 11) is 0. The van der Waals surface area contributed by atoms with Crippen LogP contribution in [-0.4, -0.2) is 0 Å². The molecule has 0 unspecified atom stereocenters. The molecule has 0 fully saturated rings. The Kier molecular flexibility index (Phi) is 4.94. The normalized spacial score (nSPS) is 11.8. The molecule has 0 aliphatic rings. The maximum absolute atomic E-state index is 13.1. The standard InChI is InChI=1S/C18H20FN/c1-14(2)8-13-18(15-9-11-16(19)12-10-15)20-17-6-4-3-5-7-17/h3-12,18,20H,13H2,1-2H3/t18-/m1/s1. The molecule has 2 aromatic rings. The Hall–Kier alpha value is -2.09. The summed E-state index contributed by atoms with van der Waals surface area (Å²) in [6.45, 7) is 4.18. The van der Waals surface area contributed by atoms with E-state index >= 15 is 0 Å². The molecule has 0 saturated heterocycles. The van der Waals surface area contributed by atoms with Crippen molar-refractivity contribution >= 4 is 5.69 Å². The predicted octanol–water partition coefficient (Wildman–Crippen LogP) is 5.34. The van der Waals surface area contributed by atoms with Crippen molar-refractivity contribution in [3.63, 3.8) is 0 Å². The van der Waals surface area contributed by atoms with E-state index in [1.54, 1.807) is 0 Å². The molecule has 0 spiro atoms. The summed E-state index contributed by atoms with van der Waals surface area (Å²) in [5.41, 5.74) is 3.45. The highest BCUT2D eigenvalue weighted by Gasteiger charge is 2.10. The van der Waals surface area contributed by atoms with Crippen LogP contribution in [0.1, 0.15) is 31.9 Å². The number of anilines is 1. The van der Waals surface area contributed by atoms with Crippen LogP contribution in [0.5, 0.6) is 0 Å². The number of para-hydroxylation sites is 1. The van der Waals surface area contributed by atoms with Crippen molar-refractivity contribution < 1.29 is 4.39 Å². The average Bonchev–Trinajstić information content (AvgIpc) is 2.45. The summed E-state index contributed by atoms with van der Waals surface area (Å²) >= 11 is 0. The molecule has 2 rings (SSSR count). The van der Waals surface area contributed by atoms with Gasteiger partial charge >= 0.3 is 0 Å². The molecule has 0 aliphatic carbocycles. The van der Waals surface area contributed by atoms with E-state index in [4.69, 9.17) is 0 Å². The SMILES string of the molecule is CC(C)=CC[C@@H](Nc1ccccc1)c1ccc(F)cc1. The van der Waals surface area contributed by atoms with Crippen LogP contribution in [0, 0.1) is 5.82 Å². The first-order valence-electron chi connectivity index (χ1n) is 6.85. The minimum atomic E-state index is -0.200. The van der Waals surface area contributed by atoms with Crippen LogP contribution in [-0.2, 0) is 0 Å². The molecule has 0 saturated carbocycles. The quantitative estimate of drug-likeness (QED) is 0.723. The smallest absolute Gasteiger partial charge is 0.123 e. The molecule has 104 valence electrons. The monoisotopic (exact) mass is 269 g/mol. The second-order valence-corrected chi connectivity index (χ2v) is 5.13. The zero-order chi connectivity index (χ0) is 14.4. The van der Waals surface area contributed by atoms with Crippen LogP contribution in [0.15, 0.2) is 66.2 Å². The third kappa shape index (κ3) is 4.23. The van der Waals surface area contributed by atoms with Gasteiger partial charge in [0.15, 0.2) is 0 Å². The molecule has 2 heteroatoms. The van der Waals surface area contributed by atoms with Gasteiger partial charge in [0, 0.05) is 5.69 Å². The van der Waals surface area contributed by atoms with E-state index in [0.29, 0.717) is 0 Å². The fraction of sp³-hybridized carbons (Fsp3) is 0.222. The van der Waals surface area contributed by atoms with E-state index in [0.717, 1.165) is 17.7 Å². The Morgan fingerprint density at radius 1 is 1.05 bits per heavy atom.